The Morgan fingerprint density at radius 1 is 1.00 bits per heavy atom. The molecule has 3 heteroatoms. The summed E-state index contributed by atoms with van der Waals surface area (Å²) >= 11 is 1.75. The van der Waals surface area contributed by atoms with E-state index >= 15 is 0 Å². The third-order valence-corrected chi connectivity index (χ3v) is 4.21. The van der Waals surface area contributed by atoms with Gasteiger partial charge in [-0.05, 0) is 41.5 Å². The minimum atomic E-state index is 0.0431. The molecule has 0 amide bonds. The van der Waals surface area contributed by atoms with Crippen molar-refractivity contribution < 1.29 is 0 Å². The molecule has 0 saturated carbocycles. The van der Waals surface area contributed by atoms with Gasteiger partial charge in [0.2, 0.25) is 0 Å². The summed E-state index contributed by atoms with van der Waals surface area (Å²) in [5, 5.41) is 0. The second-order valence-corrected chi connectivity index (χ2v) is 5.74. The maximum atomic E-state index is 5.75. The summed E-state index contributed by atoms with van der Waals surface area (Å²) in [5.74, 6) is 5.75. The van der Waals surface area contributed by atoms with Gasteiger partial charge in [-0.25, -0.2) is 5.43 Å². The van der Waals surface area contributed by atoms with E-state index in [4.69, 9.17) is 5.84 Å². The van der Waals surface area contributed by atoms with Crippen molar-refractivity contribution in [3.05, 3.63) is 65.2 Å². The van der Waals surface area contributed by atoms with Crippen LogP contribution in [0.4, 0.5) is 0 Å². The fraction of sp³-hybridized carbons (Fsp3) is 0.294. The lowest BCUT2D eigenvalue weighted by Gasteiger charge is -2.17. The molecule has 3 N–H and O–H groups in total. The van der Waals surface area contributed by atoms with E-state index in [1.54, 1.807) is 11.8 Å². The maximum Gasteiger partial charge on any atom is 0.0710 e. The number of nitrogens with one attached hydrogen (secondary N) is 1. The minimum absolute atomic E-state index is 0.0431. The predicted octanol–water partition coefficient (Wildman–Crippen LogP) is 3.91. The molecule has 1 unspecified atom stereocenters. The number of hydrazine groups is 1. The summed E-state index contributed by atoms with van der Waals surface area (Å²) in [6.07, 6.45) is 4.39. The van der Waals surface area contributed by atoms with Crippen LogP contribution < -0.4 is 11.3 Å². The zero-order valence-electron chi connectivity index (χ0n) is 12.1. The van der Waals surface area contributed by atoms with E-state index in [1.165, 1.54) is 28.0 Å². The van der Waals surface area contributed by atoms with Gasteiger partial charge in [0.05, 0.1) is 6.04 Å². The van der Waals surface area contributed by atoms with E-state index in [1.807, 2.05) is 0 Å². The molecule has 0 fully saturated rings. The van der Waals surface area contributed by atoms with Crippen LogP contribution in [0.1, 0.15) is 36.1 Å². The number of benzene rings is 2. The van der Waals surface area contributed by atoms with Crippen molar-refractivity contribution in [2.45, 2.75) is 30.7 Å². The summed E-state index contributed by atoms with van der Waals surface area (Å²) in [6.45, 7) is 2.20. The van der Waals surface area contributed by atoms with Crippen LogP contribution in [-0.2, 0) is 6.42 Å². The normalized spacial score (nSPS) is 12.3. The molecule has 106 valence electrons. The molecule has 2 nitrogen and oxygen atoms in total. The number of nitrogens with two attached hydrogens (primary N) is 1. The predicted molar refractivity (Wildman–Crippen MR) is 87.8 cm³/mol. The van der Waals surface area contributed by atoms with Crippen LogP contribution in [0, 0.1) is 0 Å². The van der Waals surface area contributed by atoms with Crippen LogP contribution in [0.3, 0.4) is 0 Å². The first-order valence-electron chi connectivity index (χ1n) is 6.97. The second-order valence-electron chi connectivity index (χ2n) is 4.86. The van der Waals surface area contributed by atoms with Crippen molar-refractivity contribution in [3.63, 3.8) is 0 Å². The molecule has 0 aliphatic heterocycles. The molecule has 20 heavy (non-hydrogen) atoms. The molecule has 0 saturated heterocycles. The smallest absolute Gasteiger partial charge is 0.0710 e. The van der Waals surface area contributed by atoms with Gasteiger partial charge in [-0.15, -0.1) is 11.8 Å². The maximum absolute atomic E-state index is 5.75. The number of rotatable bonds is 6. The highest BCUT2D eigenvalue weighted by Crippen LogP contribution is 2.24. The van der Waals surface area contributed by atoms with Gasteiger partial charge in [0.25, 0.3) is 0 Å². The van der Waals surface area contributed by atoms with Gasteiger partial charge < -0.3 is 0 Å². The van der Waals surface area contributed by atoms with Crippen LogP contribution >= 0.6 is 11.8 Å². The van der Waals surface area contributed by atoms with Crippen molar-refractivity contribution >= 4 is 11.8 Å². The lowest BCUT2D eigenvalue weighted by atomic mass is 9.97. The van der Waals surface area contributed by atoms with Crippen LogP contribution in [-0.4, -0.2) is 6.26 Å². The van der Waals surface area contributed by atoms with Gasteiger partial charge in [0.15, 0.2) is 0 Å². The molecule has 0 radical (unpaired) electrons. The Labute approximate surface area is 125 Å². The number of thioether (sulfide) groups is 1. The fourth-order valence-corrected chi connectivity index (χ4v) is 2.75. The molecule has 2 aromatic rings. The average molecular weight is 286 g/mol. The Bertz CT molecular complexity index is 520. The SMILES string of the molecule is CCCc1ccc(C(NN)c2ccc(SC)cc2)cc1. The first-order valence-corrected chi connectivity index (χ1v) is 8.20. The minimum Gasteiger partial charge on any atom is -0.271 e. The summed E-state index contributed by atoms with van der Waals surface area (Å²) < 4.78 is 0. The molecule has 2 aromatic carbocycles. The Morgan fingerprint density at radius 3 is 2.00 bits per heavy atom. The second kappa shape index (κ2) is 7.48. The van der Waals surface area contributed by atoms with Gasteiger partial charge in [0, 0.05) is 4.90 Å². The third kappa shape index (κ3) is 3.63. The molecule has 0 aliphatic rings. The lowest BCUT2D eigenvalue weighted by molar-refractivity contribution is 0.636. The van der Waals surface area contributed by atoms with E-state index in [0.717, 1.165) is 6.42 Å². The van der Waals surface area contributed by atoms with Crippen LogP contribution in [0.2, 0.25) is 0 Å². The molecule has 2 rings (SSSR count). The zero-order valence-corrected chi connectivity index (χ0v) is 12.9. The van der Waals surface area contributed by atoms with Gasteiger partial charge in [0.1, 0.15) is 0 Å². The average Bonchev–Trinajstić information content (AvgIpc) is 2.51. The highest BCUT2D eigenvalue weighted by atomic mass is 32.2. The summed E-state index contributed by atoms with van der Waals surface area (Å²) in [5.41, 5.74) is 6.68. The van der Waals surface area contributed by atoms with E-state index in [0.29, 0.717) is 0 Å². The highest BCUT2D eigenvalue weighted by Gasteiger charge is 2.12. The molecule has 0 aromatic heterocycles. The molecule has 0 spiro atoms. The first kappa shape index (κ1) is 15.1. The largest absolute Gasteiger partial charge is 0.271 e. The Kier molecular flexibility index (Phi) is 5.65. The standard InChI is InChI=1S/C17H22N2S/c1-3-4-13-5-7-14(8-6-13)17(19-18)15-9-11-16(20-2)12-10-15/h5-12,17,19H,3-4,18H2,1-2H3. The van der Waals surface area contributed by atoms with Gasteiger partial charge in [-0.3, -0.25) is 5.84 Å². The van der Waals surface area contributed by atoms with Gasteiger partial charge in [-0.2, -0.15) is 0 Å². The molecular weight excluding hydrogens is 264 g/mol. The Balaban J connectivity index is 2.21. The van der Waals surface area contributed by atoms with Gasteiger partial charge >= 0.3 is 0 Å². The molecule has 1 atom stereocenters. The summed E-state index contributed by atoms with van der Waals surface area (Å²) in [6, 6.07) is 17.3. The fourth-order valence-electron chi connectivity index (χ4n) is 2.35. The summed E-state index contributed by atoms with van der Waals surface area (Å²) in [7, 11) is 0. The van der Waals surface area contributed by atoms with Crippen molar-refractivity contribution in [2.75, 3.05) is 6.26 Å². The number of hydrogen-bond acceptors (Lipinski definition) is 3. The van der Waals surface area contributed by atoms with Gasteiger partial charge in [-0.1, -0.05) is 49.7 Å². The van der Waals surface area contributed by atoms with Crippen molar-refractivity contribution in [1.82, 2.24) is 5.43 Å². The number of aryl methyl sites for hydroxylation is 1. The van der Waals surface area contributed by atoms with Crippen molar-refractivity contribution in [1.29, 1.82) is 0 Å². The molecule has 0 bridgehead atoms. The first-order chi connectivity index (χ1) is 9.78. The molecule has 0 heterocycles. The van der Waals surface area contributed by atoms with Crippen LogP contribution in [0.15, 0.2) is 53.4 Å². The topological polar surface area (TPSA) is 38.0 Å². The van der Waals surface area contributed by atoms with E-state index in [-0.39, 0.29) is 6.04 Å². The van der Waals surface area contributed by atoms with E-state index in [2.05, 4.69) is 67.1 Å². The lowest BCUT2D eigenvalue weighted by Crippen LogP contribution is -2.28. The van der Waals surface area contributed by atoms with Crippen LogP contribution in [0.5, 0.6) is 0 Å². The third-order valence-electron chi connectivity index (χ3n) is 3.47. The Hall–Kier alpha value is -1.29. The highest BCUT2D eigenvalue weighted by molar-refractivity contribution is 7.98. The quantitative estimate of drug-likeness (QED) is 0.480. The summed E-state index contributed by atoms with van der Waals surface area (Å²) in [4.78, 5) is 1.27. The van der Waals surface area contributed by atoms with E-state index in [9.17, 15) is 0 Å². The zero-order chi connectivity index (χ0) is 14.4. The molecule has 0 aliphatic carbocycles. The van der Waals surface area contributed by atoms with Crippen LogP contribution in [0.25, 0.3) is 0 Å². The van der Waals surface area contributed by atoms with Crippen molar-refractivity contribution in [2.24, 2.45) is 5.84 Å². The number of hydrogen-bond donors (Lipinski definition) is 2. The Morgan fingerprint density at radius 2 is 1.55 bits per heavy atom. The van der Waals surface area contributed by atoms with Crippen molar-refractivity contribution in [3.8, 4) is 0 Å². The molecular formula is C17H22N2S. The van der Waals surface area contributed by atoms with E-state index < -0.39 is 0 Å². The monoisotopic (exact) mass is 286 g/mol.